The van der Waals surface area contributed by atoms with Gasteiger partial charge in [0, 0.05) is 13.5 Å². The Morgan fingerprint density at radius 2 is 1.93 bits per heavy atom. The Morgan fingerprint density at radius 1 is 1.25 bits per heavy atom. The van der Waals surface area contributed by atoms with Crippen LogP contribution in [0.2, 0.25) is 0 Å². The highest BCUT2D eigenvalue weighted by molar-refractivity contribution is 6.03. The van der Waals surface area contributed by atoms with Gasteiger partial charge in [-0.15, -0.1) is 0 Å². The highest BCUT2D eigenvalue weighted by Crippen LogP contribution is 2.47. The predicted molar refractivity (Wildman–Crippen MR) is 91.5 cm³/mol. The van der Waals surface area contributed by atoms with Gasteiger partial charge < -0.3 is 20.7 Å². The average Bonchev–Trinajstić information content (AvgIpc) is 2.59. The van der Waals surface area contributed by atoms with Crippen LogP contribution < -0.4 is 20.7 Å². The Kier molecular flexibility index (Phi) is 4.88. The Morgan fingerprint density at radius 3 is 2.54 bits per heavy atom. The van der Waals surface area contributed by atoms with Crippen molar-refractivity contribution in [2.45, 2.75) is 18.6 Å². The van der Waals surface area contributed by atoms with Crippen LogP contribution in [0.15, 0.2) is 36.4 Å². The second-order valence-electron chi connectivity index (χ2n) is 6.14. The SMILES string of the molecule is CN1C(=O)[C@H](NC(N)=O)Cc2ccc(C(F)(F)F)c(Oc3ccccc3F)c21. The number of nitrogens with zero attached hydrogens (tertiary/aromatic N) is 1. The van der Waals surface area contributed by atoms with E-state index < -0.39 is 47.0 Å². The number of fused-ring (bicyclic) bond motifs is 1. The van der Waals surface area contributed by atoms with Crippen LogP contribution in [-0.4, -0.2) is 25.0 Å². The molecule has 1 atom stereocenters. The van der Waals surface area contributed by atoms with E-state index in [0.29, 0.717) is 5.56 Å². The summed E-state index contributed by atoms with van der Waals surface area (Å²) in [5, 5.41) is 2.25. The van der Waals surface area contributed by atoms with Gasteiger partial charge in [-0.2, -0.15) is 13.2 Å². The van der Waals surface area contributed by atoms with Crippen molar-refractivity contribution >= 4 is 17.6 Å². The molecule has 1 aliphatic heterocycles. The zero-order chi connectivity index (χ0) is 20.6. The maximum absolute atomic E-state index is 14.0. The van der Waals surface area contributed by atoms with Gasteiger partial charge in [0.2, 0.25) is 5.91 Å². The van der Waals surface area contributed by atoms with E-state index in [0.717, 1.165) is 17.0 Å². The summed E-state index contributed by atoms with van der Waals surface area (Å²) in [7, 11) is 1.24. The van der Waals surface area contributed by atoms with E-state index in [-0.39, 0.29) is 12.1 Å². The molecule has 0 bridgehead atoms. The van der Waals surface area contributed by atoms with Crippen LogP contribution in [0.1, 0.15) is 11.1 Å². The molecule has 3 rings (SSSR count). The first-order valence-corrected chi connectivity index (χ1v) is 8.08. The fourth-order valence-corrected chi connectivity index (χ4v) is 3.04. The number of para-hydroxylation sites is 1. The van der Waals surface area contributed by atoms with E-state index in [1.807, 2.05) is 0 Å². The number of ether oxygens (including phenoxy) is 1. The number of carbonyl (C=O) groups excluding carboxylic acids is 2. The smallest absolute Gasteiger partial charge is 0.420 e. The van der Waals surface area contributed by atoms with E-state index in [1.54, 1.807) is 0 Å². The first kappa shape index (κ1) is 19.5. The topological polar surface area (TPSA) is 84.7 Å². The minimum Gasteiger partial charge on any atom is -0.451 e. The number of urea groups is 1. The number of anilines is 1. The first-order chi connectivity index (χ1) is 13.1. The third-order valence-corrected chi connectivity index (χ3v) is 4.27. The van der Waals surface area contributed by atoms with E-state index in [2.05, 4.69) is 5.32 Å². The van der Waals surface area contributed by atoms with Crippen molar-refractivity contribution in [1.82, 2.24) is 5.32 Å². The summed E-state index contributed by atoms with van der Waals surface area (Å²) < 4.78 is 59.9. The lowest BCUT2D eigenvalue weighted by Gasteiger charge is -2.33. The van der Waals surface area contributed by atoms with Crippen molar-refractivity contribution < 1.29 is 31.9 Å². The lowest BCUT2D eigenvalue weighted by Crippen LogP contribution is -2.53. The van der Waals surface area contributed by atoms with Gasteiger partial charge in [-0.05, 0) is 23.8 Å². The average molecular weight is 397 g/mol. The molecule has 3 amide bonds. The standard InChI is InChI=1S/C18H15F4N3O3/c1-25-14-9(8-12(16(25)26)24-17(23)27)6-7-10(18(20,21)22)15(14)28-13-5-3-2-4-11(13)19/h2-7,12H,8H2,1H3,(H3,23,24,27)/t12-/m1/s1. The highest BCUT2D eigenvalue weighted by Gasteiger charge is 2.41. The van der Waals surface area contributed by atoms with Crippen molar-refractivity contribution in [2.75, 3.05) is 11.9 Å². The van der Waals surface area contributed by atoms with Crippen LogP contribution >= 0.6 is 0 Å². The largest absolute Gasteiger partial charge is 0.451 e. The van der Waals surface area contributed by atoms with Crippen molar-refractivity contribution in [3.63, 3.8) is 0 Å². The maximum atomic E-state index is 14.0. The van der Waals surface area contributed by atoms with Crippen LogP contribution in [0, 0.1) is 5.82 Å². The molecular formula is C18H15F4N3O3. The number of nitrogens with one attached hydrogen (secondary N) is 1. The fraction of sp³-hybridized carbons (Fsp3) is 0.222. The minimum absolute atomic E-state index is 0.0901. The van der Waals surface area contributed by atoms with Crippen molar-refractivity contribution in [2.24, 2.45) is 5.73 Å². The van der Waals surface area contributed by atoms with E-state index >= 15 is 0 Å². The molecule has 1 heterocycles. The molecule has 0 saturated carbocycles. The van der Waals surface area contributed by atoms with Crippen LogP contribution in [-0.2, 0) is 17.4 Å². The van der Waals surface area contributed by atoms with Gasteiger partial charge >= 0.3 is 12.2 Å². The number of amides is 3. The fourth-order valence-electron chi connectivity index (χ4n) is 3.04. The molecule has 148 valence electrons. The number of hydrogen-bond donors (Lipinski definition) is 2. The van der Waals surface area contributed by atoms with Crippen molar-refractivity contribution in [3.05, 3.63) is 53.3 Å². The molecule has 3 N–H and O–H groups in total. The molecule has 10 heteroatoms. The molecule has 28 heavy (non-hydrogen) atoms. The normalized spacial score (nSPS) is 16.5. The number of carbonyl (C=O) groups is 2. The number of nitrogens with two attached hydrogens (primary N) is 1. The van der Waals surface area contributed by atoms with Crippen molar-refractivity contribution in [3.8, 4) is 11.5 Å². The molecule has 2 aromatic rings. The summed E-state index contributed by atoms with van der Waals surface area (Å²) in [6.07, 6.45) is -4.89. The third-order valence-electron chi connectivity index (χ3n) is 4.27. The molecule has 0 saturated heterocycles. The first-order valence-electron chi connectivity index (χ1n) is 8.08. The van der Waals surface area contributed by atoms with Gasteiger partial charge in [-0.25, -0.2) is 9.18 Å². The third kappa shape index (κ3) is 3.57. The lowest BCUT2D eigenvalue weighted by atomic mass is 9.94. The number of hydrogen-bond acceptors (Lipinski definition) is 3. The summed E-state index contributed by atoms with van der Waals surface area (Å²) in [6.45, 7) is 0. The van der Waals surface area contributed by atoms with Gasteiger partial charge in [-0.3, -0.25) is 4.79 Å². The number of primary amides is 1. The summed E-state index contributed by atoms with van der Waals surface area (Å²) in [5.74, 6) is -2.64. The summed E-state index contributed by atoms with van der Waals surface area (Å²) in [6, 6.07) is 4.99. The number of benzene rings is 2. The van der Waals surface area contributed by atoms with E-state index in [1.165, 1.54) is 31.3 Å². The van der Waals surface area contributed by atoms with E-state index in [9.17, 15) is 27.2 Å². The van der Waals surface area contributed by atoms with Gasteiger partial charge in [-0.1, -0.05) is 18.2 Å². The maximum Gasteiger partial charge on any atom is 0.420 e. The molecule has 0 aromatic heterocycles. The van der Waals surface area contributed by atoms with Crippen LogP contribution in [0.25, 0.3) is 0 Å². The Labute approximate surface area is 156 Å². The molecule has 1 aliphatic rings. The van der Waals surface area contributed by atoms with Crippen LogP contribution in [0.5, 0.6) is 11.5 Å². The molecule has 0 spiro atoms. The van der Waals surface area contributed by atoms with Crippen LogP contribution in [0.4, 0.5) is 28.0 Å². The molecular weight excluding hydrogens is 382 g/mol. The Hall–Kier alpha value is -3.30. The molecule has 2 aromatic carbocycles. The zero-order valence-corrected chi connectivity index (χ0v) is 14.5. The number of likely N-dealkylation sites (N-methyl/N-ethyl adjacent to an activating group) is 1. The van der Waals surface area contributed by atoms with Gasteiger partial charge in [0.25, 0.3) is 0 Å². The molecule has 6 nitrogen and oxygen atoms in total. The number of alkyl halides is 3. The molecule has 0 radical (unpaired) electrons. The lowest BCUT2D eigenvalue weighted by molar-refractivity contribution is -0.138. The zero-order valence-electron chi connectivity index (χ0n) is 14.5. The second kappa shape index (κ2) is 7.02. The van der Waals surface area contributed by atoms with Gasteiger partial charge in [0.1, 0.15) is 11.6 Å². The summed E-state index contributed by atoms with van der Waals surface area (Å²) in [5.41, 5.74) is 4.05. The number of rotatable bonds is 3. The summed E-state index contributed by atoms with van der Waals surface area (Å²) >= 11 is 0. The molecule has 0 unspecified atom stereocenters. The minimum atomic E-state index is -4.80. The predicted octanol–water partition coefficient (Wildman–Crippen LogP) is 3.19. The van der Waals surface area contributed by atoms with Crippen molar-refractivity contribution in [1.29, 1.82) is 0 Å². The molecule has 0 fully saturated rings. The summed E-state index contributed by atoms with van der Waals surface area (Å²) in [4.78, 5) is 24.5. The van der Waals surface area contributed by atoms with Gasteiger partial charge in [0.15, 0.2) is 17.3 Å². The van der Waals surface area contributed by atoms with E-state index in [4.69, 9.17) is 10.5 Å². The van der Waals surface area contributed by atoms with Gasteiger partial charge in [0.05, 0.1) is 5.69 Å². The second-order valence-corrected chi connectivity index (χ2v) is 6.14. The molecule has 0 aliphatic carbocycles. The quantitative estimate of drug-likeness (QED) is 0.781. The number of halogens is 4. The highest BCUT2D eigenvalue weighted by atomic mass is 19.4. The Bertz CT molecular complexity index is 946. The van der Waals surface area contributed by atoms with Crippen LogP contribution in [0.3, 0.4) is 0 Å². The monoisotopic (exact) mass is 397 g/mol. The Balaban J connectivity index is 2.16.